The van der Waals surface area contributed by atoms with E-state index in [-0.39, 0.29) is 30.0 Å². The molecule has 3 aliphatic heterocycles. The van der Waals surface area contributed by atoms with Crippen molar-refractivity contribution in [2.45, 2.75) is 56.7 Å². The van der Waals surface area contributed by atoms with Gasteiger partial charge in [-0.2, -0.15) is 0 Å². The third kappa shape index (κ3) is 1.94. The smallest absolute Gasteiger partial charge is 0.245 e. The van der Waals surface area contributed by atoms with Crippen molar-refractivity contribution < 1.29 is 14.3 Å². The average Bonchev–Trinajstić information content (AvgIpc) is 3.02. The topological polar surface area (TPSA) is 49.9 Å². The first kappa shape index (κ1) is 12.6. The lowest BCUT2D eigenvalue weighted by Crippen LogP contribution is -2.50. The minimum absolute atomic E-state index is 0.158. The van der Waals surface area contributed by atoms with Crippen molar-refractivity contribution in [3.8, 4) is 0 Å². The van der Waals surface area contributed by atoms with Crippen molar-refractivity contribution in [1.29, 1.82) is 0 Å². The van der Waals surface area contributed by atoms with Crippen molar-refractivity contribution in [1.82, 2.24) is 9.80 Å². The number of rotatable bonds is 2. The van der Waals surface area contributed by atoms with Crippen molar-refractivity contribution >= 4 is 11.8 Å². The second-order valence-electron chi connectivity index (χ2n) is 6.56. The standard InChI is InChI=1S/C15H22N2O3/c18-13-5-8-17(15(19)12-2-1-7-16(12)13)11-6-9-20-14(11)10-3-4-10/h10-12,14H,1-9H2. The van der Waals surface area contributed by atoms with Crippen LogP contribution in [0.4, 0.5) is 0 Å². The predicted molar refractivity (Wildman–Crippen MR) is 71.9 cm³/mol. The first-order valence-electron chi connectivity index (χ1n) is 7.97. The Balaban J connectivity index is 1.57. The van der Waals surface area contributed by atoms with E-state index in [1.54, 1.807) is 0 Å². The van der Waals surface area contributed by atoms with E-state index in [0.29, 0.717) is 18.9 Å². The minimum atomic E-state index is -0.189. The molecule has 3 heterocycles. The van der Waals surface area contributed by atoms with Gasteiger partial charge in [-0.05, 0) is 38.0 Å². The molecular weight excluding hydrogens is 256 g/mol. The highest BCUT2D eigenvalue weighted by Gasteiger charge is 2.48. The molecule has 110 valence electrons. The van der Waals surface area contributed by atoms with Gasteiger partial charge in [0.2, 0.25) is 11.8 Å². The summed E-state index contributed by atoms with van der Waals surface area (Å²) in [6.45, 7) is 2.11. The fraction of sp³-hybridized carbons (Fsp3) is 0.867. The van der Waals surface area contributed by atoms with E-state index >= 15 is 0 Å². The molecule has 5 nitrogen and oxygen atoms in total. The Morgan fingerprint density at radius 2 is 1.85 bits per heavy atom. The van der Waals surface area contributed by atoms with E-state index in [4.69, 9.17) is 4.74 Å². The highest BCUT2D eigenvalue weighted by Crippen LogP contribution is 2.41. The average molecular weight is 278 g/mol. The zero-order valence-electron chi connectivity index (χ0n) is 11.8. The summed E-state index contributed by atoms with van der Waals surface area (Å²) in [6.07, 6.45) is 5.91. The summed E-state index contributed by atoms with van der Waals surface area (Å²) >= 11 is 0. The molecule has 4 fully saturated rings. The monoisotopic (exact) mass is 278 g/mol. The highest BCUT2D eigenvalue weighted by molar-refractivity contribution is 5.90. The summed E-state index contributed by atoms with van der Waals surface area (Å²) < 4.78 is 5.88. The van der Waals surface area contributed by atoms with Crippen LogP contribution in [0.5, 0.6) is 0 Å². The second kappa shape index (κ2) is 4.72. The molecule has 5 heteroatoms. The lowest BCUT2D eigenvalue weighted by molar-refractivity contribution is -0.141. The molecule has 1 aliphatic carbocycles. The maximum absolute atomic E-state index is 12.8. The molecule has 20 heavy (non-hydrogen) atoms. The van der Waals surface area contributed by atoms with E-state index in [1.165, 1.54) is 12.8 Å². The Morgan fingerprint density at radius 3 is 2.65 bits per heavy atom. The van der Waals surface area contributed by atoms with Crippen LogP contribution in [0.2, 0.25) is 0 Å². The van der Waals surface area contributed by atoms with Gasteiger partial charge in [0, 0.05) is 26.1 Å². The van der Waals surface area contributed by atoms with Gasteiger partial charge in [-0.15, -0.1) is 0 Å². The Bertz CT molecular complexity index is 435. The van der Waals surface area contributed by atoms with Crippen LogP contribution < -0.4 is 0 Å². The summed E-state index contributed by atoms with van der Waals surface area (Å²) in [5.74, 6) is 0.980. The van der Waals surface area contributed by atoms with E-state index in [9.17, 15) is 9.59 Å². The first-order chi connectivity index (χ1) is 9.75. The number of fused-ring (bicyclic) bond motifs is 1. The van der Waals surface area contributed by atoms with Gasteiger partial charge in [0.1, 0.15) is 6.04 Å². The molecule has 2 amide bonds. The van der Waals surface area contributed by atoms with Crippen LogP contribution in [0.15, 0.2) is 0 Å². The molecule has 4 aliphatic rings. The van der Waals surface area contributed by atoms with Crippen molar-refractivity contribution in [2.75, 3.05) is 19.7 Å². The van der Waals surface area contributed by atoms with E-state index in [0.717, 1.165) is 32.4 Å². The van der Waals surface area contributed by atoms with E-state index in [2.05, 4.69) is 0 Å². The zero-order valence-corrected chi connectivity index (χ0v) is 11.8. The number of hydrogen-bond acceptors (Lipinski definition) is 3. The number of carbonyl (C=O) groups is 2. The predicted octanol–water partition coefficient (Wildman–Crippen LogP) is 0.777. The SMILES string of the molecule is O=C1CCN(C2CCOC2C2CC2)C(=O)C2CCCN12. The van der Waals surface area contributed by atoms with Crippen LogP contribution in [0.3, 0.4) is 0 Å². The Hall–Kier alpha value is -1.10. The van der Waals surface area contributed by atoms with E-state index in [1.807, 2.05) is 9.80 Å². The van der Waals surface area contributed by atoms with Crippen LogP contribution in [-0.2, 0) is 14.3 Å². The zero-order chi connectivity index (χ0) is 13.7. The van der Waals surface area contributed by atoms with Gasteiger partial charge in [0.25, 0.3) is 0 Å². The fourth-order valence-corrected chi connectivity index (χ4v) is 4.12. The molecule has 3 saturated heterocycles. The van der Waals surface area contributed by atoms with Gasteiger partial charge < -0.3 is 14.5 Å². The number of hydrogen-bond donors (Lipinski definition) is 0. The lowest BCUT2D eigenvalue weighted by atomic mass is 10.0. The van der Waals surface area contributed by atoms with E-state index < -0.39 is 0 Å². The number of amides is 2. The molecule has 0 spiro atoms. The number of ether oxygens (including phenoxy) is 1. The molecule has 0 N–H and O–H groups in total. The maximum atomic E-state index is 12.8. The molecule has 0 aromatic rings. The van der Waals surface area contributed by atoms with Crippen molar-refractivity contribution in [2.24, 2.45) is 5.92 Å². The molecule has 0 radical (unpaired) electrons. The molecule has 0 aromatic heterocycles. The van der Waals surface area contributed by atoms with Gasteiger partial charge in [-0.1, -0.05) is 0 Å². The first-order valence-corrected chi connectivity index (χ1v) is 7.97. The normalized spacial score (nSPS) is 38.3. The summed E-state index contributed by atoms with van der Waals surface area (Å²) in [5, 5.41) is 0. The number of carbonyl (C=O) groups excluding carboxylic acids is 2. The summed E-state index contributed by atoms with van der Waals surface area (Å²) in [5.41, 5.74) is 0. The number of nitrogens with zero attached hydrogens (tertiary/aromatic N) is 2. The van der Waals surface area contributed by atoms with Gasteiger partial charge >= 0.3 is 0 Å². The molecule has 3 unspecified atom stereocenters. The van der Waals surface area contributed by atoms with Gasteiger partial charge in [-0.3, -0.25) is 9.59 Å². The summed E-state index contributed by atoms with van der Waals surface area (Å²) in [4.78, 5) is 28.8. The van der Waals surface area contributed by atoms with Gasteiger partial charge in [0.15, 0.2) is 0 Å². The quantitative estimate of drug-likeness (QED) is 0.750. The Morgan fingerprint density at radius 1 is 1.00 bits per heavy atom. The van der Waals surface area contributed by atoms with Gasteiger partial charge in [-0.25, -0.2) is 0 Å². The second-order valence-corrected chi connectivity index (χ2v) is 6.56. The van der Waals surface area contributed by atoms with Crippen molar-refractivity contribution in [3.63, 3.8) is 0 Å². The third-order valence-corrected chi connectivity index (χ3v) is 5.30. The molecular formula is C15H22N2O3. The maximum Gasteiger partial charge on any atom is 0.245 e. The summed E-state index contributed by atoms with van der Waals surface area (Å²) in [7, 11) is 0. The van der Waals surface area contributed by atoms with Crippen LogP contribution >= 0.6 is 0 Å². The largest absolute Gasteiger partial charge is 0.376 e. The molecule has 4 rings (SSSR count). The molecule has 3 atom stereocenters. The van der Waals surface area contributed by atoms with Crippen molar-refractivity contribution in [3.05, 3.63) is 0 Å². The van der Waals surface area contributed by atoms with Crippen LogP contribution in [-0.4, -0.2) is 59.5 Å². The molecule has 1 saturated carbocycles. The van der Waals surface area contributed by atoms with Crippen LogP contribution in [0.1, 0.15) is 38.5 Å². The minimum Gasteiger partial charge on any atom is -0.376 e. The van der Waals surface area contributed by atoms with Crippen LogP contribution in [0.25, 0.3) is 0 Å². The lowest BCUT2D eigenvalue weighted by Gasteiger charge is -2.33. The fourth-order valence-electron chi connectivity index (χ4n) is 4.12. The molecule has 0 aromatic carbocycles. The van der Waals surface area contributed by atoms with Gasteiger partial charge in [0.05, 0.1) is 12.1 Å². The summed E-state index contributed by atoms with van der Waals surface area (Å²) in [6, 6.07) is 0.0220. The Kier molecular flexibility index (Phi) is 2.98. The Labute approximate surface area is 119 Å². The highest BCUT2D eigenvalue weighted by atomic mass is 16.5. The molecule has 0 bridgehead atoms. The van der Waals surface area contributed by atoms with Crippen LogP contribution in [0, 0.1) is 5.92 Å². The third-order valence-electron chi connectivity index (χ3n) is 5.30.